The van der Waals surface area contributed by atoms with E-state index in [4.69, 9.17) is 0 Å². The number of aryl methyl sites for hydroxylation is 2. The molecular formula is C24H27N5O2S2. The second kappa shape index (κ2) is 10.4. The number of carbonyl (C=O) groups excluding carboxylic acids is 2. The number of nitrogens with zero attached hydrogens (tertiary/aromatic N) is 4. The average Bonchev–Trinajstić information content (AvgIpc) is 3.30. The Morgan fingerprint density at radius 1 is 0.970 bits per heavy atom. The van der Waals surface area contributed by atoms with Gasteiger partial charge in [0.05, 0.1) is 5.75 Å². The third kappa shape index (κ3) is 5.54. The molecule has 2 amide bonds. The van der Waals surface area contributed by atoms with Crippen molar-refractivity contribution in [2.24, 2.45) is 0 Å². The lowest BCUT2D eigenvalue weighted by Crippen LogP contribution is -2.49. The molecule has 1 aromatic heterocycles. The third-order valence-electron chi connectivity index (χ3n) is 5.86. The highest BCUT2D eigenvalue weighted by molar-refractivity contribution is 8.01. The molecule has 0 aliphatic carbocycles. The van der Waals surface area contributed by atoms with Gasteiger partial charge in [0.1, 0.15) is 0 Å². The van der Waals surface area contributed by atoms with E-state index in [1.54, 1.807) is 0 Å². The lowest BCUT2D eigenvalue weighted by molar-refractivity contribution is -0.128. The van der Waals surface area contributed by atoms with Crippen LogP contribution < -0.4 is 10.2 Å². The standard InChI is InChI=1S/C24H27N5O2S2/c1-16-8-6-10-20(18(16)3)28-11-13-29(14-12-28)21(30)15-32-24-27-26-23(33-24)22(31)25-19-9-5-4-7-17(19)2/h4-10H,11-15H2,1-3H3,(H,25,31). The van der Waals surface area contributed by atoms with E-state index >= 15 is 0 Å². The minimum atomic E-state index is -0.289. The van der Waals surface area contributed by atoms with Crippen molar-refractivity contribution in [3.63, 3.8) is 0 Å². The van der Waals surface area contributed by atoms with Crippen LogP contribution in [0.5, 0.6) is 0 Å². The van der Waals surface area contributed by atoms with Gasteiger partial charge in [0.25, 0.3) is 5.91 Å². The molecule has 0 unspecified atom stereocenters. The zero-order chi connectivity index (χ0) is 23.4. The normalized spacial score (nSPS) is 13.8. The molecule has 7 nitrogen and oxygen atoms in total. The molecule has 1 fully saturated rings. The third-order valence-corrected chi connectivity index (χ3v) is 7.90. The topological polar surface area (TPSA) is 78.4 Å². The Morgan fingerprint density at radius 3 is 2.45 bits per heavy atom. The van der Waals surface area contributed by atoms with Crippen LogP contribution in [0, 0.1) is 20.8 Å². The second-order valence-corrected chi connectivity index (χ2v) is 10.2. The predicted octanol–water partition coefficient (Wildman–Crippen LogP) is 4.16. The highest BCUT2D eigenvalue weighted by atomic mass is 32.2. The van der Waals surface area contributed by atoms with Gasteiger partial charge in [0, 0.05) is 37.6 Å². The van der Waals surface area contributed by atoms with Crippen LogP contribution in [0.1, 0.15) is 26.5 Å². The Bertz CT molecular complexity index is 1160. The van der Waals surface area contributed by atoms with Gasteiger partial charge in [-0.05, 0) is 49.6 Å². The van der Waals surface area contributed by atoms with Crippen molar-refractivity contribution < 1.29 is 9.59 Å². The van der Waals surface area contributed by atoms with Crippen molar-refractivity contribution in [3.8, 4) is 0 Å². The first kappa shape index (κ1) is 23.3. The number of anilines is 2. The fourth-order valence-corrected chi connectivity index (χ4v) is 5.39. The number of rotatable bonds is 6. The molecular weight excluding hydrogens is 454 g/mol. The molecule has 2 aromatic carbocycles. The number of hydrogen-bond acceptors (Lipinski definition) is 7. The van der Waals surface area contributed by atoms with Crippen molar-refractivity contribution in [1.29, 1.82) is 0 Å². The van der Waals surface area contributed by atoms with Gasteiger partial charge in [-0.3, -0.25) is 9.59 Å². The number of thioether (sulfide) groups is 1. The Morgan fingerprint density at radius 2 is 1.70 bits per heavy atom. The van der Waals surface area contributed by atoms with Crippen molar-refractivity contribution in [3.05, 3.63) is 64.2 Å². The summed E-state index contributed by atoms with van der Waals surface area (Å²) in [7, 11) is 0. The van der Waals surface area contributed by atoms with Crippen LogP contribution in [0.15, 0.2) is 46.8 Å². The molecule has 1 saturated heterocycles. The first-order valence-corrected chi connectivity index (χ1v) is 12.6. The summed E-state index contributed by atoms with van der Waals surface area (Å²) in [5.74, 6) is 0.0848. The first-order chi connectivity index (χ1) is 15.9. The monoisotopic (exact) mass is 481 g/mol. The van der Waals surface area contributed by atoms with Crippen molar-refractivity contribution in [2.75, 3.05) is 42.1 Å². The molecule has 0 saturated carbocycles. The molecule has 172 valence electrons. The van der Waals surface area contributed by atoms with E-state index in [9.17, 15) is 9.59 Å². The summed E-state index contributed by atoms with van der Waals surface area (Å²) in [5.41, 5.74) is 5.56. The number of carbonyl (C=O) groups is 2. The van der Waals surface area contributed by atoms with E-state index in [-0.39, 0.29) is 22.6 Å². The quantitative estimate of drug-likeness (QED) is 0.533. The van der Waals surface area contributed by atoms with Gasteiger partial charge in [0.15, 0.2) is 4.34 Å². The van der Waals surface area contributed by atoms with Crippen molar-refractivity contribution >= 4 is 46.3 Å². The maximum atomic E-state index is 12.7. The summed E-state index contributed by atoms with van der Waals surface area (Å²) in [6, 6.07) is 13.9. The van der Waals surface area contributed by atoms with Crippen molar-refractivity contribution in [2.45, 2.75) is 25.1 Å². The molecule has 4 rings (SSSR count). The number of aromatic nitrogens is 2. The maximum Gasteiger partial charge on any atom is 0.286 e. The summed E-state index contributed by atoms with van der Waals surface area (Å²) >= 11 is 2.54. The van der Waals surface area contributed by atoms with Crippen LogP contribution in [0.4, 0.5) is 11.4 Å². The Kier molecular flexibility index (Phi) is 7.29. The molecule has 1 aliphatic rings. The van der Waals surface area contributed by atoms with Gasteiger partial charge < -0.3 is 15.1 Å². The van der Waals surface area contributed by atoms with E-state index in [2.05, 4.69) is 52.5 Å². The summed E-state index contributed by atoms with van der Waals surface area (Å²) in [6.07, 6.45) is 0. The number of para-hydroxylation sites is 1. The lowest BCUT2D eigenvalue weighted by Gasteiger charge is -2.37. The Labute approximate surface area is 202 Å². The molecule has 0 atom stereocenters. The van der Waals surface area contributed by atoms with Gasteiger partial charge >= 0.3 is 0 Å². The Hall–Kier alpha value is -2.91. The van der Waals surface area contributed by atoms with Gasteiger partial charge in [-0.15, -0.1) is 10.2 Å². The van der Waals surface area contributed by atoms with Crippen LogP contribution in [0.2, 0.25) is 0 Å². The number of benzene rings is 2. The SMILES string of the molecule is Cc1ccccc1NC(=O)c1nnc(SCC(=O)N2CCN(c3cccc(C)c3C)CC2)s1. The number of piperazine rings is 1. The minimum absolute atomic E-state index is 0.0849. The molecule has 3 aromatic rings. The van der Waals surface area contributed by atoms with E-state index in [0.717, 1.165) is 24.3 Å². The van der Waals surface area contributed by atoms with Crippen LogP contribution in [0.25, 0.3) is 0 Å². The molecule has 33 heavy (non-hydrogen) atoms. The van der Waals surface area contributed by atoms with Crippen LogP contribution in [-0.2, 0) is 4.79 Å². The number of amides is 2. The van der Waals surface area contributed by atoms with E-state index in [1.807, 2.05) is 36.1 Å². The fourth-order valence-electron chi connectivity index (χ4n) is 3.74. The first-order valence-electron chi connectivity index (χ1n) is 10.8. The summed E-state index contributed by atoms with van der Waals surface area (Å²) < 4.78 is 0.618. The van der Waals surface area contributed by atoms with Gasteiger partial charge in [-0.1, -0.05) is 53.4 Å². The smallest absolute Gasteiger partial charge is 0.286 e. The molecule has 1 N–H and O–H groups in total. The van der Waals surface area contributed by atoms with Crippen molar-refractivity contribution in [1.82, 2.24) is 15.1 Å². The molecule has 2 heterocycles. The highest BCUT2D eigenvalue weighted by Crippen LogP contribution is 2.26. The summed E-state index contributed by atoms with van der Waals surface area (Å²) in [4.78, 5) is 29.4. The van der Waals surface area contributed by atoms with Crippen LogP contribution in [0.3, 0.4) is 0 Å². The van der Waals surface area contributed by atoms with Crippen LogP contribution in [-0.4, -0.2) is 58.8 Å². The second-order valence-electron chi connectivity index (χ2n) is 8.02. The highest BCUT2D eigenvalue weighted by Gasteiger charge is 2.23. The summed E-state index contributed by atoms with van der Waals surface area (Å²) in [6.45, 7) is 9.26. The lowest BCUT2D eigenvalue weighted by atomic mass is 10.1. The maximum absolute atomic E-state index is 12.7. The summed E-state index contributed by atoms with van der Waals surface area (Å²) in [5, 5.41) is 11.2. The van der Waals surface area contributed by atoms with E-state index < -0.39 is 0 Å². The minimum Gasteiger partial charge on any atom is -0.368 e. The molecule has 9 heteroatoms. The van der Waals surface area contributed by atoms with Crippen LogP contribution >= 0.6 is 23.1 Å². The number of nitrogens with one attached hydrogen (secondary N) is 1. The zero-order valence-electron chi connectivity index (χ0n) is 19.0. The number of hydrogen-bond donors (Lipinski definition) is 1. The molecule has 0 radical (unpaired) electrons. The zero-order valence-corrected chi connectivity index (χ0v) is 20.6. The van der Waals surface area contributed by atoms with Gasteiger partial charge in [0.2, 0.25) is 10.9 Å². The van der Waals surface area contributed by atoms with Gasteiger partial charge in [-0.25, -0.2) is 0 Å². The van der Waals surface area contributed by atoms with E-state index in [0.29, 0.717) is 17.4 Å². The Balaban J connectivity index is 1.27. The largest absolute Gasteiger partial charge is 0.368 e. The molecule has 1 aliphatic heterocycles. The molecule has 0 bridgehead atoms. The fraction of sp³-hybridized carbons (Fsp3) is 0.333. The molecule has 0 spiro atoms. The van der Waals surface area contributed by atoms with Gasteiger partial charge in [-0.2, -0.15) is 0 Å². The van der Waals surface area contributed by atoms with E-state index in [1.165, 1.54) is 39.9 Å². The average molecular weight is 482 g/mol. The predicted molar refractivity (Wildman–Crippen MR) is 134 cm³/mol.